The lowest BCUT2D eigenvalue weighted by atomic mass is 9.90. The SMILES string of the molecule is CC(C)NC(=O)N1CCO[C@@]2(CCCN(c3ccccn3)C2)C1. The van der Waals surface area contributed by atoms with Crippen LogP contribution in [0.3, 0.4) is 0 Å². The van der Waals surface area contributed by atoms with Crippen LogP contribution in [0.25, 0.3) is 0 Å². The summed E-state index contributed by atoms with van der Waals surface area (Å²) >= 11 is 0. The van der Waals surface area contributed by atoms with Crippen LogP contribution in [0.1, 0.15) is 26.7 Å². The lowest BCUT2D eigenvalue weighted by Crippen LogP contribution is -2.62. The average Bonchev–Trinajstić information content (AvgIpc) is 2.55. The molecule has 23 heavy (non-hydrogen) atoms. The summed E-state index contributed by atoms with van der Waals surface area (Å²) in [6.07, 6.45) is 3.86. The van der Waals surface area contributed by atoms with E-state index in [1.54, 1.807) is 0 Å². The highest BCUT2D eigenvalue weighted by Gasteiger charge is 2.42. The lowest BCUT2D eigenvalue weighted by molar-refractivity contribution is -0.103. The van der Waals surface area contributed by atoms with Crippen LogP contribution in [0.15, 0.2) is 24.4 Å². The number of anilines is 1. The van der Waals surface area contributed by atoms with E-state index in [9.17, 15) is 4.79 Å². The molecular formula is C17H26N4O2. The van der Waals surface area contributed by atoms with E-state index in [0.29, 0.717) is 19.7 Å². The molecule has 3 rings (SSSR count). The molecule has 3 heterocycles. The van der Waals surface area contributed by atoms with E-state index in [1.807, 2.05) is 43.1 Å². The minimum Gasteiger partial charge on any atom is -0.369 e. The Morgan fingerprint density at radius 3 is 2.96 bits per heavy atom. The van der Waals surface area contributed by atoms with Gasteiger partial charge in [-0.3, -0.25) is 0 Å². The topological polar surface area (TPSA) is 57.7 Å². The number of hydrogen-bond acceptors (Lipinski definition) is 4. The normalized spacial score (nSPS) is 25.0. The zero-order valence-electron chi connectivity index (χ0n) is 14.0. The summed E-state index contributed by atoms with van der Waals surface area (Å²) < 4.78 is 6.15. The van der Waals surface area contributed by atoms with Gasteiger partial charge in [0, 0.05) is 25.3 Å². The molecule has 1 atom stereocenters. The number of piperidine rings is 1. The Morgan fingerprint density at radius 2 is 2.22 bits per heavy atom. The quantitative estimate of drug-likeness (QED) is 0.904. The average molecular weight is 318 g/mol. The Kier molecular flexibility index (Phi) is 4.71. The Balaban J connectivity index is 1.69. The molecule has 0 radical (unpaired) electrons. The number of hydrogen-bond donors (Lipinski definition) is 1. The molecule has 0 aliphatic carbocycles. The van der Waals surface area contributed by atoms with Gasteiger partial charge in [-0.15, -0.1) is 0 Å². The number of aromatic nitrogens is 1. The number of nitrogens with one attached hydrogen (secondary N) is 1. The molecule has 2 amide bonds. The van der Waals surface area contributed by atoms with Crippen molar-refractivity contribution < 1.29 is 9.53 Å². The van der Waals surface area contributed by atoms with Crippen molar-refractivity contribution in [2.24, 2.45) is 0 Å². The monoisotopic (exact) mass is 318 g/mol. The second-order valence-corrected chi connectivity index (χ2v) is 6.77. The molecule has 1 spiro atoms. The van der Waals surface area contributed by atoms with E-state index in [2.05, 4.69) is 15.2 Å². The van der Waals surface area contributed by atoms with Crippen molar-refractivity contribution >= 4 is 11.8 Å². The zero-order chi connectivity index (χ0) is 16.3. The molecular weight excluding hydrogens is 292 g/mol. The van der Waals surface area contributed by atoms with E-state index in [0.717, 1.165) is 31.7 Å². The first-order valence-corrected chi connectivity index (χ1v) is 8.43. The van der Waals surface area contributed by atoms with Crippen LogP contribution in [0.4, 0.5) is 10.6 Å². The highest BCUT2D eigenvalue weighted by Crippen LogP contribution is 2.31. The molecule has 1 N–H and O–H groups in total. The zero-order valence-corrected chi connectivity index (χ0v) is 14.0. The predicted molar refractivity (Wildman–Crippen MR) is 89.6 cm³/mol. The van der Waals surface area contributed by atoms with Crippen LogP contribution >= 0.6 is 0 Å². The molecule has 0 saturated carbocycles. The van der Waals surface area contributed by atoms with Gasteiger partial charge in [-0.1, -0.05) is 6.07 Å². The summed E-state index contributed by atoms with van der Waals surface area (Å²) in [5.41, 5.74) is -0.275. The molecule has 2 aliphatic heterocycles. The van der Waals surface area contributed by atoms with E-state index in [-0.39, 0.29) is 17.7 Å². The maximum atomic E-state index is 12.3. The van der Waals surface area contributed by atoms with Gasteiger partial charge < -0.3 is 19.9 Å². The fourth-order valence-electron chi connectivity index (χ4n) is 3.44. The van der Waals surface area contributed by atoms with Gasteiger partial charge in [-0.2, -0.15) is 0 Å². The maximum Gasteiger partial charge on any atom is 0.317 e. The van der Waals surface area contributed by atoms with Crippen molar-refractivity contribution in [3.05, 3.63) is 24.4 Å². The Labute approximate surface area is 137 Å². The fourth-order valence-corrected chi connectivity index (χ4v) is 3.44. The minimum atomic E-state index is -0.275. The highest BCUT2D eigenvalue weighted by atomic mass is 16.5. The van der Waals surface area contributed by atoms with Gasteiger partial charge in [-0.05, 0) is 38.8 Å². The molecule has 1 aromatic rings. The van der Waals surface area contributed by atoms with Crippen LogP contribution < -0.4 is 10.2 Å². The molecule has 2 saturated heterocycles. The number of amides is 2. The number of nitrogens with zero attached hydrogens (tertiary/aromatic N) is 3. The fraction of sp³-hybridized carbons (Fsp3) is 0.647. The number of urea groups is 1. The molecule has 0 aromatic carbocycles. The van der Waals surface area contributed by atoms with Gasteiger partial charge in [0.2, 0.25) is 0 Å². The molecule has 1 aromatic heterocycles. The highest BCUT2D eigenvalue weighted by molar-refractivity contribution is 5.74. The first kappa shape index (κ1) is 16.1. The van der Waals surface area contributed by atoms with E-state index in [4.69, 9.17) is 4.74 Å². The maximum absolute atomic E-state index is 12.3. The summed E-state index contributed by atoms with van der Waals surface area (Å²) in [5.74, 6) is 0.985. The number of morpholine rings is 1. The van der Waals surface area contributed by atoms with Crippen LogP contribution in [0.5, 0.6) is 0 Å². The molecule has 126 valence electrons. The van der Waals surface area contributed by atoms with Crippen molar-refractivity contribution in [1.29, 1.82) is 0 Å². The number of ether oxygens (including phenoxy) is 1. The molecule has 0 unspecified atom stereocenters. The number of carbonyl (C=O) groups is 1. The molecule has 6 heteroatoms. The number of rotatable bonds is 2. The van der Waals surface area contributed by atoms with Crippen LogP contribution in [0.2, 0.25) is 0 Å². The third kappa shape index (κ3) is 3.75. The van der Waals surface area contributed by atoms with Gasteiger partial charge in [0.25, 0.3) is 0 Å². The number of pyridine rings is 1. The van der Waals surface area contributed by atoms with Gasteiger partial charge in [0.15, 0.2) is 0 Å². The van der Waals surface area contributed by atoms with Crippen LogP contribution in [-0.4, -0.2) is 60.3 Å². The molecule has 2 aliphatic rings. The van der Waals surface area contributed by atoms with Crippen LogP contribution in [-0.2, 0) is 4.74 Å². The van der Waals surface area contributed by atoms with Gasteiger partial charge in [0.1, 0.15) is 11.4 Å². The van der Waals surface area contributed by atoms with Crippen LogP contribution in [0, 0.1) is 0 Å². The largest absolute Gasteiger partial charge is 0.369 e. The smallest absolute Gasteiger partial charge is 0.317 e. The summed E-state index contributed by atoms with van der Waals surface area (Å²) in [5, 5.41) is 2.98. The van der Waals surface area contributed by atoms with Crippen molar-refractivity contribution in [3.8, 4) is 0 Å². The second-order valence-electron chi connectivity index (χ2n) is 6.77. The summed E-state index contributed by atoms with van der Waals surface area (Å²) in [6.45, 7) is 7.64. The third-order valence-corrected chi connectivity index (χ3v) is 4.46. The Bertz CT molecular complexity index is 533. The van der Waals surface area contributed by atoms with Crippen molar-refractivity contribution in [2.75, 3.05) is 37.7 Å². The Hall–Kier alpha value is -1.82. The number of carbonyl (C=O) groups excluding carboxylic acids is 1. The lowest BCUT2D eigenvalue weighted by Gasteiger charge is -2.48. The van der Waals surface area contributed by atoms with E-state index >= 15 is 0 Å². The third-order valence-electron chi connectivity index (χ3n) is 4.46. The summed E-state index contributed by atoms with van der Waals surface area (Å²) in [6, 6.07) is 6.13. The standard InChI is InChI=1S/C17H26N4O2/c1-14(2)19-16(22)21-10-11-23-17(13-21)7-5-9-20(12-17)15-6-3-4-8-18-15/h3-4,6,8,14H,5,7,9-13H2,1-2H3,(H,19,22)/t17-/m1/s1. The van der Waals surface area contributed by atoms with E-state index in [1.165, 1.54) is 0 Å². The molecule has 6 nitrogen and oxygen atoms in total. The van der Waals surface area contributed by atoms with Crippen molar-refractivity contribution in [2.45, 2.75) is 38.3 Å². The first-order chi connectivity index (χ1) is 11.1. The van der Waals surface area contributed by atoms with Gasteiger partial charge in [-0.25, -0.2) is 9.78 Å². The van der Waals surface area contributed by atoms with Crippen molar-refractivity contribution in [1.82, 2.24) is 15.2 Å². The van der Waals surface area contributed by atoms with Crippen molar-refractivity contribution in [3.63, 3.8) is 0 Å². The predicted octanol–water partition coefficient (Wildman–Crippen LogP) is 1.87. The minimum absolute atomic E-state index is 0.0117. The van der Waals surface area contributed by atoms with Gasteiger partial charge in [0.05, 0.1) is 19.7 Å². The molecule has 0 bridgehead atoms. The summed E-state index contributed by atoms with van der Waals surface area (Å²) in [4.78, 5) is 20.9. The molecule has 2 fully saturated rings. The first-order valence-electron chi connectivity index (χ1n) is 8.43. The van der Waals surface area contributed by atoms with Gasteiger partial charge >= 0.3 is 6.03 Å². The second kappa shape index (κ2) is 6.74. The summed E-state index contributed by atoms with van der Waals surface area (Å²) in [7, 11) is 0. The Morgan fingerprint density at radius 1 is 1.35 bits per heavy atom. The van der Waals surface area contributed by atoms with E-state index < -0.39 is 0 Å².